The van der Waals surface area contributed by atoms with E-state index < -0.39 is 0 Å². The van der Waals surface area contributed by atoms with Crippen LogP contribution in [0.15, 0.2) is 42.5 Å². The van der Waals surface area contributed by atoms with Gasteiger partial charge < -0.3 is 15.5 Å². The summed E-state index contributed by atoms with van der Waals surface area (Å²) in [6, 6.07) is 13.2. The minimum Gasteiger partial charge on any atom is -0.399 e. The van der Waals surface area contributed by atoms with Crippen molar-refractivity contribution in [3.8, 4) is 0 Å². The number of amides is 2. The summed E-state index contributed by atoms with van der Waals surface area (Å²) in [4.78, 5) is 31.3. The summed E-state index contributed by atoms with van der Waals surface area (Å²) >= 11 is 0. The van der Waals surface area contributed by atoms with E-state index in [4.69, 9.17) is 5.73 Å². The van der Waals surface area contributed by atoms with Gasteiger partial charge in [-0.05, 0) is 43.3 Å². The van der Waals surface area contributed by atoms with E-state index in [1.54, 1.807) is 18.2 Å². The van der Waals surface area contributed by atoms with Crippen molar-refractivity contribution < 1.29 is 9.59 Å². The highest BCUT2D eigenvalue weighted by Gasteiger charge is 2.35. The molecule has 6 nitrogen and oxygen atoms in total. The van der Waals surface area contributed by atoms with Crippen molar-refractivity contribution in [2.75, 3.05) is 50.4 Å². The number of likely N-dealkylation sites (N-methyl/N-ethyl adjacent to an activating group) is 1. The number of carbonyl (C=O) groups is 2. The molecule has 2 heterocycles. The number of piperazine rings is 1. The normalized spacial score (nSPS) is 17.5. The molecule has 0 bridgehead atoms. The first-order valence-corrected chi connectivity index (χ1v) is 9.32. The predicted octanol–water partition coefficient (Wildman–Crippen LogP) is 1.86. The van der Waals surface area contributed by atoms with Crippen molar-refractivity contribution >= 4 is 23.2 Å². The van der Waals surface area contributed by atoms with Crippen LogP contribution in [-0.4, -0.2) is 61.4 Å². The zero-order valence-corrected chi connectivity index (χ0v) is 15.5. The molecule has 0 aromatic heterocycles. The van der Waals surface area contributed by atoms with Gasteiger partial charge in [0.25, 0.3) is 11.8 Å². The lowest BCUT2D eigenvalue weighted by atomic mass is 10.1. The highest BCUT2D eigenvalue weighted by atomic mass is 16.2. The fourth-order valence-corrected chi connectivity index (χ4v) is 3.82. The number of nitrogens with zero attached hydrogens (tertiary/aromatic N) is 3. The minimum atomic E-state index is -0.251. The van der Waals surface area contributed by atoms with Gasteiger partial charge in [0.1, 0.15) is 0 Å². The first-order chi connectivity index (χ1) is 13.0. The second-order valence-corrected chi connectivity index (χ2v) is 7.24. The van der Waals surface area contributed by atoms with Gasteiger partial charge >= 0.3 is 0 Å². The maximum atomic E-state index is 12.6. The third-order valence-corrected chi connectivity index (χ3v) is 5.44. The lowest BCUT2D eigenvalue weighted by Crippen LogP contribution is -2.44. The summed E-state index contributed by atoms with van der Waals surface area (Å²) in [5.41, 5.74) is 9.49. The maximum absolute atomic E-state index is 12.6. The van der Waals surface area contributed by atoms with Gasteiger partial charge in [-0.3, -0.25) is 14.5 Å². The Kier molecular flexibility index (Phi) is 4.58. The van der Waals surface area contributed by atoms with Crippen LogP contribution in [0, 0.1) is 0 Å². The van der Waals surface area contributed by atoms with Crippen molar-refractivity contribution in [1.29, 1.82) is 0 Å². The summed E-state index contributed by atoms with van der Waals surface area (Å²) < 4.78 is 0. The van der Waals surface area contributed by atoms with Crippen LogP contribution in [-0.2, 0) is 6.42 Å². The van der Waals surface area contributed by atoms with Gasteiger partial charge in [-0.1, -0.05) is 18.2 Å². The van der Waals surface area contributed by atoms with Crippen molar-refractivity contribution in [3.63, 3.8) is 0 Å². The molecule has 2 aliphatic rings. The highest BCUT2D eigenvalue weighted by Crippen LogP contribution is 2.27. The largest absolute Gasteiger partial charge is 0.399 e. The summed E-state index contributed by atoms with van der Waals surface area (Å²) in [5.74, 6) is -0.480. The number of nitrogens with two attached hydrogens (primary N) is 1. The monoisotopic (exact) mass is 364 g/mol. The van der Waals surface area contributed by atoms with Gasteiger partial charge in [0, 0.05) is 44.1 Å². The van der Waals surface area contributed by atoms with E-state index >= 15 is 0 Å². The van der Waals surface area contributed by atoms with E-state index in [1.807, 2.05) is 12.1 Å². The number of benzene rings is 2. The molecule has 0 saturated carbocycles. The van der Waals surface area contributed by atoms with Crippen LogP contribution in [0.4, 0.5) is 11.4 Å². The number of fused-ring (bicyclic) bond motifs is 1. The zero-order chi connectivity index (χ0) is 19.0. The molecular weight excluding hydrogens is 340 g/mol. The van der Waals surface area contributed by atoms with Crippen LogP contribution in [0.2, 0.25) is 0 Å². The smallest absolute Gasteiger partial charge is 0.261 e. The first kappa shape index (κ1) is 17.5. The molecule has 2 aromatic rings. The molecule has 1 fully saturated rings. The number of anilines is 2. The Morgan fingerprint density at radius 3 is 2.41 bits per heavy atom. The zero-order valence-electron chi connectivity index (χ0n) is 15.5. The van der Waals surface area contributed by atoms with E-state index in [2.05, 4.69) is 29.0 Å². The number of hydrogen-bond acceptors (Lipinski definition) is 5. The quantitative estimate of drug-likeness (QED) is 0.662. The minimum absolute atomic E-state index is 0.230. The molecule has 6 heteroatoms. The number of rotatable bonds is 4. The molecule has 0 atom stereocenters. The van der Waals surface area contributed by atoms with E-state index in [0.29, 0.717) is 29.8 Å². The first-order valence-electron chi connectivity index (χ1n) is 9.32. The van der Waals surface area contributed by atoms with Crippen molar-refractivity contribution in [2.45, 2.75) is 6.42 Å². The van der Waals surface area contributed by atoms with E-state index in [9.17, 15) is 9.59 Å². The average molecular weight is 364 g/mol. The van der Waals surface area contributed by atoms with Gasteiger partial charge in [-0.15, -0.1) is 0 Å². The molecule has 4 rings (SSSR count). The fraction of sp³-hybridized carbons (Fsp3) is 0.333. The van der Waals surface area contributed by atoms with Crippen LogP contribution in [0.25, 0.3) is 0 Å². The Hall–Kier alpha value is -2.86. The van der Waals surface area contributed by atoms with Crippen LogP contribution in [0.3, 0.4) is 0 Å². The molecule has 140 valence electrons. The van der Waals surface area contributed by atoms with Crippen LogP contribution in [0.1, 0.15) is 26.3 Å². The lowest BCUT2D eigenvalue weighted by molar-refractivity contribution is 0.0656. The topological polar surface area (TPSA) is 69.9 Å². The summed E-state index contributed by atoms with van der Waals surface area (Å²) in [5, 5.41) is 0. The number of imide groups is 1. The van der Waals surface area contributed by atoms with E-state index in [0.717, 1.165) is 31.7 Å². The standard InChI is InChI=1S/C21H24N4O2/c1-23-10-12-24(13-11-23)19-5-3-2-4-15(19)8-9-25-20(26)17-7-6-16(22)14-18(17)21(25)27/h2-7,14H,8-13,22H2,1H3. The molecule has 0 radical (unpaired) electrons. The summed E-state index contributed by atoms with van der Waals surface area (Å²) in [7, 11) is 2.14. The van der Waals surface area contributed by atoms with Crippen molar-refractivity contribution in [1.82, 2.24) is 9.80 Å². The second-order valence-electron chi connectivity index (χ2n) is 7.24. The summed E-state index contributed by atoms with van der Waals surface area (Å²) in [6.45, 7) is 4.42. The van der Waals surface area contributed by atoms with Gasteiger partial charge in [-0.25, -0.2) is 0 Å². The Bertz CT molecular complexity index is 888. The molecule has 0 unspecified atom stereocenters. The van der Waals surface area contributed by atoms with Crippen molar-refractivity contribution in [3.05, 3.63) is 59.2 Å². The van der Waals surface area contributed by atoms with Gasteiger partial charge in [0.2, 0.25) is 0 Å². The Morgan fingerprint density at radius 1 is 0.926 bits per heavy atom. The highest BCUT2D eigenvalue weighted by molar-refractivity contribution is 6.21. The molecule has 1 saturated heterocycles. The molecule has 27 heavy (non-hydrogen) atoms. The molecule has 2 aliphatic heterocycles. The molecular formula is C21H24N4O2. The molecule has 0 aliphatic carbocycles. The van der Waals surface area contributed by atoms with Crippen LogP contribution in [0.5, 0.6) is 0 Å². The van der Waals surface area contributed by atoms with Crippen LogP contribution < -0.4 is 10.6 Å². The Balaban J connectivity index is 1.50. The Labute approximate surface area is 159 Å². The van der Waals surface area contributed by atoms with Gasteiger partial charge in [0.15, 0.2) is 0 Å². The van der Waals surface area contributed by atoms with Gasteiger partial charge in [-0.2, -0.15) is 0 Å². The Morgan fingerprint density at radius 2 is 1.63 bits per heavy atom. The molecule has 0 spiro atoms. The maximum Gasteiger partial charge on any atom is 0.261 e. The number of carbonyl (C=O) groups excluding carboxylic acids is 2. The SMILES string of the molecule is CN1CCN(c2ccccc2CCN2C(=O)c3ccc(N)cc3C2=O)CC1. The lowest BCUT2D eigenvalue weighted by Gasteiger charge is -2.35. The predicted molar refractivity (Wildman–Crippen MR) is 106 cm³/mol. The molecule has 2 N–H and O–H groups in total. The molecule has 2 amide bonds. The average Bonchev–Trinajstić information content (AvgIpc) is 2.91. The fourth-order valence-electron chi connectivity index (χ4n) is 3.82. The number of para-hydroxylation sites is 1. The number of hydrogen-bond donors (Lipinski definition) is 1. The van der Waals surface area contributed by atoms with Gasteiger partial charge in [0.05, 0.1) is 11.1 Å². The summed E-state index contributed by atoms with van der Waals surface area (Å²) in [6.07, 6.45) is 0.642. The third-order valence-electron chi connectivity index (χ3n) is 5.44. The molecule has 2 aromatic carbocycles. The second kappa shape index (κ2) is 7.04. The van der Waals surface area contributed by atoms with E-state index in [-0.39, 0.29) is 11.8 Å². The third kappa shape index (κ3) is 3.28. The van der Waals surface area contributed by atoms with E-state index in [1.165, 1.54) is 10.6 Å². The van der Waals surface area contributed by atoms with Crippen molar-refractivity contribution in [2.24, 2.45) is 0 Å². The van der Waals surface area contributed by atoms with Crippen LogP contribution >= 0.6 is 0 Å². The number of nitrogen functional groups attached to an aromatic ring is 1.